The van der Waals surface area contributed by atoms with Crippen molar-refractivity contribution in [3.8, 4) is 0 Å². The van der Waals surface area contributed by atoms with Crippen molar-refractivity contribution in [2.24, 2.45) is 16.5 Å². The van der Waals surface area contributed by atoms with Crippen molar-refractivity contribution in [2.45, 2.75) is 18.4 Å². The molecule has 0 fully saturated rings. The summed E-state index contributed by atoms with van der Waals surface area (Å²) >= 11 is 6.21. The summed E-state index contributed by atoms with van der Waals surface area (Å²) in [6.07, 6.45) is -2.41. The molecule has 7 N–H and O–H groups in total. The molecule has 0 saturated carbocycles. The van der Waals surface area contributed by atoms with Crippen LogP contribution in [-0.2, 0) is 12.0 Å². The van der Waals surface area contributed by atoms with Crippen LogP contribution in [0, 0.1) is 0 Å². The minimum atomic E-state index is -4.58. The first-order valence-electron chi connectivity index (χ1n) is 7.19. The number of hydrazine groups is 1. The van der Waals surface area contributed by atoms with Crippen molar-refractivity contribution in [1.82, 2.24) is 16.2 Å². The standard InChI is InChI=1S/C14H16ClF3N6/c15-10-6-8(14(20)22-12(19)23-24-14)5-9(13(16,17)18)11(10)7-1-3-21-4-2-7/h1,5-6,21,24H,2-4,20H2,(H3,19,22,23). The van der Waals surface area contributed by atoms with Crippen molar-refractivity contribution >= 4 is 23.1 Å². The van der Waals surface area contributed by atoms with E-state index < -0.39 is 17.5 Å². The monoisotopic (exact) mass is 360 g/mol. The zero-order chi connectivity index (χ0) is 17.5. The van der Waals surface area contributed by atoms with E-state index in [9.17, 15) is 13.2 Å². The van der Waals surface area contributed by atoms with E-state index in [1.807, 2.05) is 0 Å². The van der Waals surface area contributed by atoms with E-state index in [0.717, 1.165) is 6.07 Å². The van der Waals surface area contributed by atoms with Gasteiger partial charge in [-0.2, -0.15) is 18.6 Å². The number of nitrogens with zero attached hydrogens (tertiary/aromatic N) is 1. The SMILES string of the molecule is NC1=NC(N)(c2cc(Cl)c(C3=CCNCC3)c(C(F)(F)F)c2)NN1. The van der Waals surface area contributed by atoms with Gasteiger partial charge < -0.3 is 11.1 Å². The van der Waals surface area contributed by atoms with Gasteiger partial charge in [0.25, 0.3) is 0 Å². The van der Waals surface area contributed by atoms with E-state index in [-0.39, 0.29) is 22.1 Å². The van der Waals surface area contributed by atoms with Crippen molar-refractivity contribution in [2.75, 3.05) is 13.1 Å². The van der Waals surface area contributed by atoms with E-state index in [1.165, 1.54) is 6.07 Å². The highest BCUT2D eigenvalue weighted by atomic mass is 35.5. The van der Waals surface area contributed by atoms with Crippen LogP contribution >= 0.6 is 11.6 Å². The van der Waals surface area contributed by atoms with Gasteiger partial charge in [0, 0.05) is 22.7 Å². The summed E-state index contributed by atoms with van der Waals surface area (Å²) in [5.74, 6) is -1.64. The Hall–Kier alpha value is -1.81. The second-order valence-corrected chi connectivity index (χ2v) is 5.98. The molecule has 2 aliphatic rings. The maximum absolute atomic E-state index is 13.6. The molecule has 1 aromatic carbocycles. The molecule has 0 radical (unpaired) electrons. The molecule has 24 heavy (non-hydrogen) atoms. The Labute approximate surface area is 141 Å². The summed E-state index contributed by atoms with van der Waals surface area (Å²) in [6.45, 7) is 1.09. The zero-order valence-corrected chi connectivity index (χ0v) is 13.2. The van der Waals surface area contributed by atoms with Gasteiger partial charge in [0.2, 0.25) is 11.7 Å². The quantitative estimate of drug-likeness (QED) is 0.546. The van der Waals surface area contributed by atoms with Gasteiger partial charge in [0.05, 0.1) is 5.56 Å². The normalized spacial score (nSPS) is 24.4. The van der Waals surface area contributed by atoms with Crippen LogP contribution in [0.5, 0.6) is 0 Å². The molecule has 2 heterocycles. The molecular formula is C14H16ClF3N6. The highest BCUT2D eigenvalue weighted by Crippen LogP contribution is 2.42. The molecule has 1 unspecified atom stereocenters. The lowest BCUT2D eigenvalue weighted by atomic mass is 9.92. The number of rotatable bonds is 2. The van der Waals surface area contributed by atoms with Crippen LogP contribution < -0.4 is 27.6 Å². The predicted molar refractivity (Wildman–Crippen MR) is 85.7 cm³/mol. The van der Waals surface area contributed by atoms with E-state index in [1.54, 1.807) is 6.08 Å². The molecular weight excluding hydrogens is 345 g/mol. The maximum atomic E-state index is 13.6. The molecule has 0 spiro atoms. The Morgan fingerprint density at radius 2 is 2.04 bits per heavy atom. The van der Waals surface area contributed by atoms with Crippen LogP contribution in [0.2, 0.25) is 5.02 Å². The van der Waals surface area contributed by atoms with Gasteiger partial charge in [0.1, 0.15) is 0 Å². The Bertz CT molecular complexity index is 730. The number of benzene rings is 1. The first-order valence-corrected chi connectivity index (χ1v) is 7.57. The van der Waals surface area contributed by atoms with Gasteiger partial charge in [-0.25, -0.2) is 4.99 Å². The van der Waals surface area contributed by atoms with Crippen LogP contribution in [-0.4, -0.2) is 19.0 Å². The second-order valence-electron chi connectivity index (χ2n) is 5.58. The first-order chi connectivity index (χ1) is 11.2. The number of nitrogens with two attached hydrogens (primary N) is 2. The molecule has 3 rings (SSSR count). The van der Waals surface area contributed by atoms with Gasteiger partial charge >= 0.3 is 6.18 Å². The van der Waals surface area contributed by atoms with Crippen molar-refractivity contribution in [3.05, 3.63) is 39.9 Å². The third-order valence-electron chi connectivity index (χ3n) is 3.90. The minimum absolute atomic E-state index is 0.0130. The lowest BCUT2D eigenvalue weighted by Crippen LogP contribution is -2.50. The van der Waals surface area contributed by atoms with Crippen molar-refractivity contribution < 1.29 is 13.2 Å². The van der Waals surface area contributed by atoms with Crippen LogP contribution in [0.25, 0.3) is 5.57 Å². The van der Waals surface area contributed by atoms with Crippen LogP contribution in [0.1, 0.15) is 23.1 Å². The zero-order valence-electron chi connectivity index (χ0n) is 12.5. The van der Waals surface area contributed by atoms with Gasteiger partial charge in [-0.3, -0.25) is 11.2 Å². The highest BCUT2D eigenvalue weighted by Gasteiger charge is 2.39. The van der Waals surface area contributed by atoms with Crippen LogP contribution in [0.4, 0.5) is 13.2 Å². The Balaban J connectivity index is 2.17. The maximum Gasteiger partial charge on any atom is 0.417 e. The number of hydrogen-bond acceptors (Lipinski definition) is 6. The Kier molecular flexibility index (Phi) is 4.20. The fourth-order valence-corrected chi connectivity index (χ4v) is 3.11. The van der Waals surface area contributed by atoms with Crippen molar-refractivity contribution in [3.63, 3.8) is 0 Å². The summed E-state index contributed by atoms with van der Waals surface area (Å²) in [5.41, 5.74) is 16.3. The largest absolute Gasteiger partial charge is 0.417 e. The molecule has 0 saturated heterocycles. The number of halogens is 4. The predicted octanol–water partition coefficient (Wildman–Crippen LogP) is 1.23. The molecule has 2 aliphatic heterocycles. The third kappa shape index (κ3) is 3.07. The summed E-state index contributed by atoms with van der Waals surface area (Å²) < 4.78 is 40.8. The number of guanidine groups is 1. The molecule has 0 aliphatic carbocycles. The third-order valence-corrected chi connectivity index (χ3v) is 4.20. The number of hydrogen-bond donors (Lipinski definition) is 5. The number of nitrogens with one attached hydrogen (secondary N) is 3. The van der Waals surface area contributed by atoms with Gasteiger partial charge in [-0.15, -0.1) is 0 Å². The van der Waals surface area contributed by atoms with Gasteiger partial charge in [-0.1, -0.05) is 17.7 Å². The second kappa shape index (κ2) is 5.92. The summed E-state index contributed by atoms with van der Waals surface area (Å²) in [6, 6.07) is 2.34. The first kappa shape index (κ1) is 17.0. The van der Waals surface area contributed by atoms with E-state index >= 15 is 0 Å². The fourth-order valence-electron chi connectivity index (χ4n) is 2.77. The molecule has 1 aromatic rings. The number of aliphatic imine (C=N–C) groups is 1. The Morgan fingerprint density at radius 1 is 1.29 bits per heavy atom. The lowest BCUT2D eigenvalue weighted by Gasteiger charge is -2.25. The molecule has 10 heteroatoms. The average Bonchev–Trinajstić information content (AvgIpc) is 2.87. The van der Waals surface area contributed by atoms with E-state index in [4.69, 9.17) is 23.1 Å². The molecule has 0 aromatic heterocycles. The average molecular weight is 361 g/mol. The summed E-state index contributed by atoms with van der Waals surface area (Å²) in [4.78, 5) is 3.90. The molecule has 0 amide bonds. The van der Waals surface area contributed by atoms with E-state index in [0.29, 0.717) is 25.1 Å². The lowest BCUT2D eigenvalue weighted by molar-refractivity contribution is -0.137. The fraction of sp³-hybridized carbons (Fsp3) is 0.357. The highest BCUT2D eigenvalue weighted by molar-refractivity contribution is 6.32. The topological polar surface area (TPSA) is 100 Å². The number of alkyl halides is 3. The van der Waals surface area contributed by atoms with Crippen LogP contribution in [0.15, 0.2) is 23.2 Å². The van der Waals surface area contributed by atoms with Crippen LogP contribution in [0.3, 0.4) is 0 Å². The molecule has 130 valence electrons. The molecule has 1 atom stereocenters. The summed E-state index contributed by atoms with van der Waals surface area (Å²) in [5, 5.41) is 3.03. The smallest absolute Gasteiger partial charge is 0.369 e. The molecule has 6 nitrogen and oxygen atoms in total. The summed E-state index contributed by atoms with van der Waals surface area (Å²) in [7, 11) is 0. The van der Waals surface area contributed by atoms with E-state index in [2.05, 4.69) is 21.2 Å². The van der Waals surface area contributed by atoms with Crippen molar-refractivity contribution in [1.29, 1.82) is 0 Å². The molecule has 0 bridgehead atoms. The Morgan fingerprint density at radius 3 is 2.58 bits per heavy atom. The van der Waals surface area contributed by atoms with Gasteiger partial charge in [0.15, 0.2) is 0 Å². The minimum Gasteiger partial charge on any atom is -0.369 e. The van der Waals surface area contributed by atoms with Gasteiger partial charge in [-0.05, 0) is 30.7 Å².